The number of hydrogen-bond donors (Lipinski definition) is 3. The van der Waals surface area contributed by atoms with Gasteiger partial charge >= 0.3 is 5.82 Å². The number of anilines is 3. The molecule has 0 saturated carbocycles. The predicted molar refractivity (Wildman–Crippen MR) is 48.4 cm³/mol. The molecule has 0 bridgehead atoms. The van der Waals surface area contributed by atoms with Crippen molar-refractivity contribution < 1.29 is 9.43 Å². The van der Waals surface area contributed by atoms with E-state index >= 15 is 0 Å². The van der Waals surface area contributed by atoms with Gasteiger partial charge in [0.05, 0.1) is 22.3 Å². The first-order valence-electron chi connectivity index (χ1n) is 3.56. The first kappa shape index (κ1) is 7.53. The van der Waals surface area contributed by atoms with Gasteiger partial charge in [0.25, 0.3) is 0 Å². The van der Waals surface area contributed by atoms with Crippen LogP contribution in [0.5, 0.6) is 0 Å². The number of fused-ring (bicyclic) bond motifs is 1. The van der Waals surface area contributed by atoms with Crippen LogP contribution < -0.4 is 22.1 Å². The Morgan fingerprint density at radius 2 is 1.77 bits per heavy atom. The molecule has 0 spiro atoms. The molecular weight excluding hydrogens is 172 g/mol. The van der Waals surface area contributed by atoms with Gasteiger partial charge in [0.1, 0.15) is 0 Å². The van der Waals surface area contributed by atoms with Crippen molar-refractivity contribution in [3.8, 4) is 0 Å². The summed E-state index contributed by atoms with van der Waals surface area (Å²) < 4.78 is 4.74. The van der Waals surface area contributed by atoms with Crippen molar-refractivity contribution in [2.45, 2.75) is 0 Å². The molecule has 0 aliphatic heterocycles. The maximum atomic E-state index is 10.9. The van der Waals surface area contributed by atoms with Crippen molar-refractivity contribution >= 4 is 28.2 Å². The molecule has 6 nitrogen and oxygen atoms in total. The fourth-order valence-electron chi connectivity index (χ4n) is 1.12. The van der Waals surface area contributed by atoms with Crippen LogP contribution in [0.4, 0.5) is 17.2 Å². The molecular formula is C7H8N4O2. The van der Waals surface area contributed by atoms with E-state index in [4.69, 9.17) is 21.7 Å². The zero-order valence-electron chi connectivity index (χ0n) is 6.65. The number of nitrogens with zero attached hydrogens (tertiary/aromatic N) is 1. The zero-order valence-corrected chi connectivity index (χ0v) is 6.65. The Hall–Kier alpha value is -2.11. The Morgan fingerprint density at radius 1 is 1.15 bits per heavy atom. The van der Waals surface area contributed by atoms with Gasteiger partial charge in [-0.25, -0.2) is 0 Å². The largest absolute Gasteiger partial charge is 0.439 e. The summed E-state index contributed by atoms with van der Waals surface area (Å²) >= 11 is 0. The Bertz CT molecular complexity index is 477. The van der Waals surface area contributed by atoms with Crippen LogP contribution >= 0.6 is 0 Å². The third-order valence-corrected chi connectivity index (χ3v) is 1.84. The van der Waals surface area contributed by atoms with Crippen LogP contribution in [-0.4, -0.2) is 0 Å². The molecule has 1 heterocycles. The normalized spacial score (nSPS) is 10.8. The van der Waals surface area contributed by atoms with Gasteiger partial charge in [-0.3, -0.25) is 5.73 Å². The highest BCUT2D eigenvalue weighted by atomic mass is 16.7. The third kappa shape index (κ3) is 0.919. The summed E-state index contributed by atoms with van der Waals surface area (Å²) in [5, 5.41) is 11.4. The maximum absolute atomic E-state index is 10.9. The lowest BCUT2D eigenvalue weighted by Gasteiger charge is -1.97. The molecule has 0 fully saturated rings. The minimum absolute atomic E-state index is 0.0123. The monoisotopic (exact) mass is 180 g/mol. The number of nitrogen functional groups attached to an aromatic ring is 3. The summed E-state index contributed by atoms with van der Waals surface area (Å²) in [7, 11) is 0. The fourth-order valence-corrected chi connectivity index (χ4v) is 1.12. The summed E-state index contributed by atoms with van der Waals surface area (Å²) in [5.41, 5.74) is 17.5. The van der Waals surface area contributed by atoms with Crippen molar-refractivity contribution in [1.82, 2.24) is 0 Å². The average Bonchev–Trinajstić information content (AvgIpc) is 2.32. The van der Waals surface area contributed by atoms with Gasteiger partial charge in [0.15, 0.2) is 0 Å². The second-order valence-electron chi connectivity index (χ2n) is 2.71. The molecule has 2 aromatic rings. The van der Waals surface area contributed by atoms with E-state index in [1.807, 2.05) is 0 Å². The molecule has 2 rings (SSSR count). The van der Waals surface area contributed by atoms with Crippen molar-refractivity contribution in [1.29, 1.82) is 0 Å². The lowest BCUT2D eigenvalue weighted by molar-refractivity contribution is -0.776. The van der Waals surface area contributed by atoms with E-state index in [1.165, 1.54) is 12.1 Å². The highest BCUT2D eigenvalue weighted by Gasteiger charge is 2.10. The van der Waals surface area contributed by atoms with Crippen molar-refractivity contribution in [3.05, 3.63) is 17.3 Å². The van der Waals surface area contributed by atoms with E-state index in [9.17, 15) is 5.21 Å². The lowest BCUT2D eigenvalue weighted by atomic mass is 10.2. The summed E-state index contributed by atoms with van der Waals surface area (Å²) in [6.45, 7) is 0. The Kier molecular flexibility index (Phi) is 1.27. The molecule has 0 unspecified atom stereocenters. The van der Waals surface area contributed by atoms with Crippen LogP contribution in [0, 0.1) is 5.21 Å². The molecule has 6 heteroatoms. The predicted octanol–water partition coefficient (Wildman–Crippen LogP) is -0.187. The molecule has 0 aliphatic rings. The highest BCUT2D eigenvalue weighted by molar-refractivity contribution is 5.92. The van der Waals surface area contributed by atoms with Gasteiger partial charge in [-0.15, -0.1) is 0 Å². The Balaban J connectivity index is 2.89. The van der Waals surface area contributed by atoms with E-state index in [2.05, 4.69) is 0 Å². The van der Waals surface area contributed by atoms with E-state index in [1.54, 1.807) is 0 Å². The summed E-state index contributed by atoms with van der Waals surface area (Å²) in [4.78, 5) is 0.226. The van der Waals surface area contributed by atoms with Crippen LogP contribution in [-0.2, 0) is 0 Å². The molecule has 6 N–H and O–H groups in total. The molecule has 13 heavy (non-hydrogen) atoms. The maximum Gasteiger partial charge on any atom is 0.321 e. The van der Waals surface area contributed by atoms with Crippen LogP contribution in [0.3, 0.4) is 0 Å². The van der Waals surface area contributed by atoms with E-state index in [-0.39, 0.29) is 10.7 Å². The van der Waals surface area contributed by atoms with Gasteiger partial charge in [0.2, 0.25) is 0 Å². The molecule has 0 atom stereocenters. The van der Waals surface area contributed by atoms with Crippen LogP contribution in [0.25, 0.3) is 11.0 Å². The topological polar surface area (TPSA) is 118 Å². The second kappa shape index (κ2) is 2.19. The number of aromatic nitrogens is 1. The summed E-state index contributed by atoms with van der Waals surface area (Å²) in [6.07, 6.45) is 0. The summed E-state index contributed by atoms with van der Waals surface area (Å²) in [6, 6.07) is 2.98. The number of rotatable bonds is 0. The molecule has 1 aromatic heterocycles. The van der Waals surface area contributed by atoms with Gasteiger partial charge in [-0.1, -0.05) is 0 Å². The van der Waals surface area contributed by atoms with Crippen LogP contribution in [0.2, 0.25) is 0 Å². The lowest BCUT2D eigenvalue weighted by Crippen LogP contribution is -2.26. The average molecular weight is 180 g/mol. The fraction of sp³-hybridized carbons (Fsp3) is 0. The summed E-state index contributed by atoms with van der Waals surface area (Å²) in [5.74, 6) is -0.0123. The van der Waals surface area contributed by atoms with Crippen molar-refractivity contribution in [3.63, 3.8) is 0 Å². The molecule has 0 aliphatic carbocycles. The van der Waals surface area contributed by atoms with Crippen molar-refractivity contribution in [2.24, 2.45) is 0 Å². The smallest absolute Gasteiger partial charge is 0.321 e. The Morgan fingerprint density at radius 3 is 2.46 bits per heavy atom. The minimum Gasteiger partial charge on any atom is -0.439 e. The molecule has 0 amide bonds. The first-order chi connectivity index (χ1) is 6.09. The molecule has 0 radical (unpaired) electrons. The molecule has 68 valence electrons. The highest BCUT2D eigenvalue weighted by Crippen LogP contribution is 2.26. The molecule has 1 aromatic carbocycles. The van der Waals surface area contributed by atoms with E-state index in [0.717, 1.165) is 0 Å². The molecule has 0 saturated heterocycles. The van der Waals surface area contributed by atoms with Gasteiger partial charge < -0.3 is 21.2 Å². The number of hydrogen-bond acceptors (Lipinski definition) is 5. The standard InChI is InChI=1S/C7H8N4O2/c8-4-1-3-6(2-5(4)9)13-11(12)7(3)10/h1-2H,8-10H2. The van der Waals surface area contributed by atoms with Crippen molar-refractivity contribution in [2.75, 3.05) is 17.2 Å². The Labute approximate surface area is 73.1 Å². The minimum atomic E-state index is -0.0123. The zero-order chi connectivity index (χ0) is 9.59. The third-order valence-electron chi connectivity index (χ3n) is 1.84. The van der Waals surface area contributed by atoms with E-state index < -0.39 is 0 Å². The quantitative estimate of drug-likeness (QED) is 0.383. The van der Waals surface area contributed by atoms with E-state index in [0.29, 0.717) is 22.3 Å². The van der Waals surface area contributed by atoms with Gasteiger partial charge in [-0.05, 0) is 17.0 Å². The second-order valence-corrected chi connectivity index (χ2v) is 2.71. The van der Waals surface area contributed by atoms with Gasteiger partial charge in [0, 0.05) is 0 Å². The van der Waals surface area contributed by atoms with Crippen LogP contribution in [0.15, 0.2) is 16.7 Å². The SMILES string of the molecule is Nc1cc2o[n+]([O-])c(N)c2cc1N. The van der Waals surface area contributed by atoms with Crippen LogP contribution in [0.1, 0.15) is 0 Å². The number of nitrogens with two attached hydrogens (primary N) is 3. The first-order valence-corrected chi connectivity index (χ1v) is 3.56. The van der Waals surface area contributed by atoms with Gasteiger partial charge in [-0.2, -0.15) is 0 Å². The number of benzene rings is 1.